The van der Waals surface area contributed by atoms with Gasteiger partial charge in [-0.1, -0.05) is 41.4 Å². The molecule has 2 aromatic carbocycles. The van der Waals surface area contributed by atoms with Crippen molar-refractivity contribution in [2.75, 3.05) is 5.32 Å². The van der Waals surface area contributed by atoms with Gasteiger partial charge >= 0.3 is 0 Å². The molecule has 3 rings (SSSR count). The normalized spacial score (nSPS) is 10.6. The maximum absolute atomic E-state index is 12.2. The minimum Gasteiger partial charge on any atom is -0.441 e. The van der Waals surface area contributed by atoms with Crippen LogP contribution in [0.4, 0.5) is 5.69 Å². The molecule has 1 heterocycles. The van der Waals surface area contributed by atoms with E-state index in [2.05, 4.69) is 10.3 Å². The highest BCUT2D eigenvalue weighted by atomic mass is 35.5. The van der Waals surface area contributed by atoms with Gasteiger partial charge in [0, 0.05) is 11.3 Å². The van der Waals surface area contributed by atoms with Gasteiger partial charge in [-0.3, -0.25) is 4.79 Å². The lowest BCUT2D eigenvalue weighted by Crippen LogP contribution is -2.15. The Bertz CT molecular complexity index is 876. The molecule has 1 aromatic heterocycles. The number of carbonyl (C=O) groups is 1. The maximum atomic E-state index is 12.2. The molecule has 1 amide bonds. The summed E-state index contributed by atoms with van der Waals surface area (Å²) in [5.41, 5.74) is 2.06. The number of hydrogen-bond acceptors (Lipinski definition) is 3. The van der Waals surface area contributed by atoms with E-state index in [0.717, 1.165) is 5.56 Å². The molecule has 24 heavy (non-hydrogen) atoms. The second-order valence-corrected chi connectivity index (χ2v) is 6.06. The second kappa shape index (κ2) is 7.07. The monoisotopic (exact) mass is 360 g/mol. The van der Waals surface area contributed by atoms with Gasteiger partial charge in [0.05, 0.1) is 22.2 Å². The molecule has 0 bridgehead atoms. The van der Waals surface area contributed by atoms with Crippen LogP contribution in [0, 0.1) is 6.92 Å². The fourth-order valence-corrected chi connectivity index (χ4v) is 2.53. The summed E-state index contributed by atoms with van der Waals surface area (Å²) in [5.74, 6) is 0.924. The average Bonchev–Trinajstić information content (AvgIpc) is 2.93. The van der Waals surface area contributed by atoms with Gasteiger partial charge in [0.25, 0.3) is 0 Å². The number of amides is 1. The predicted molar refractivity (Wildman–Crippen MR) is 95.5 cm³/mol. The quantitative estimate of drug-likeness (QED) is 0.700. The molecular weight excluding hydrogens is 347 g/mol. The number of carbonyl (C=O) groups excluding carboxylic acids is 1. The molecule has 4 nitrogen and oxygen atoms in total. The number of hydrogen-bond donors (Lipinski definition) is 1. The molecule has 0 radical (unpaired) electrons. The molecule has 0 aliphatic carbocycles. The Balaban J connectivity index is 1.72. The van der Waals surface area contributed by atoms with Crippen LogP contribution in [0.5, 0.6) is 0 Å². The Morgan fingerprint density at radius 3 is 2.58 bits per heavy atom. The third-order valence-electron chi connectivity index (χ3n) is 3.44. The number of aryl methyl sites for hydroxylation is 1. The van der Waals surface area contributed by atoms with Crippen molar-refractivity contribution in [2.45, 2.75) is 13.3 Å². The highest BCUT2D eigenvalue weighted by molar-refractivity contribution is 6.42. The Labute approximate surface area is 149 Å². The molecule has 6 heteroatoms. The van der Waals surface area contributed by atoms with E-state index >= 15 is 0 Å². The Hall–Kier alpha value is -2.30. The van der Waals surface area contributed by atoms with Crippen molar-refractivity contribution in [1.82, 2.24) is 4.98 Å². The van der Waals surface area contributed by atoms with Crippen molar-refractivity contribution in [3.8, 4) is 11.5 Å². The van der Waals surface area contributed by atoms with Crippen molar-refractivity contribution in [2.24, 2.45) is 0 Å². The first-order valence-corrected chi connectivity index (χ1v) is 8.05. The van der Waals surface area contributed by atoms with Crippen molar-refractivity contribution in [1.29, 1.82) is 0 Å². The molecule has 1 N–H and O–H groups in total. The molecule has 0 aliphatic rings. The number of nitrogens with zero attached hydrogens (tertiary/aromatic N) is 1. The number of benzene rings is 2. The van der Waals surface area contributed by atoms with E-state index in [9.17, 15) is 4.79 Å². The number of aromatic nitrogens is 1. The number of nitrogens with one attached hydrogen (secondary N) is 1. The van der Waals surface area contributed by atoms with Crippen LogP contribution in [0.2, 0.25) is 10.0 Å². The first-order chi connectivity index (χ1) is 11.5. The zero-order chi connectivity index (χ0) is 17.1. The van der Waals surface area contributed by atoms with E-state index in [1.807, 2.05) is 30.3 Å². The molecule has 0 aliphatic heterocycles. The highest BCUT2D eigenvalue weighted by Crippen LogP contribution is 2.25. The van der Waals surface area contributed by atoms with Crippen LogP contribution in [0.1, 0.15) is 11.5 Å². The zero-order valence-electron chi connectivity index (χ0n) is 12.8. The van der Waals surface area contributed by atoms with Gasteiger partial charge in [-0.15, -0.1) is 0 Å². The largest absolute Gasteiger partial charge is 0.441 e. The van der Waals surface area contributed by atoms with Gasteiger partial charge in [-0.05, 0) is 37.3 Å². The molecular formula is C18H14Cl2N2O2. The van der Waals surface area contributed by atoms with Gasteiger partial charge in [0.1, 0.15) is 5.76 Å². The summed E-state index contributed by atoms with van der Waals surface area (Å²) in [6, 6.07) is 14.5. The molecule has 0 saturated carbocycles. The van der Waals surface area contributed by atoms with Crippen LogP contribution >= 0.6 is 23.2 Å². The molecule has 3 aromatic rings. The molecule has 0 saturated heterocycles. The Kier molecular flexibility index (Phi) is 4.88. The van der Waals surface area contributed by atoms with Gasteiger partial charge < -0.3 is 9.73 Å². The van der Waals surface area contributed by atoms with E-state index in [0.29, 0.717) is 33.1 Å². The number of oxazole rings is 1. The summed E-state index contributed by atoms with van der Waals surface area (Å²) >= 11 is 11.8. The highest BCUT2D eigenvalue weighted by Gasteiger charge is 2.15. The summed E-state index contributed by atoms with van der Waals surface area (Å²) in [4.78, 5) is 16.6. The van der Waals surface area contributed by atoms with Crippen molar-refractivity contribution >= 4 is 34.8 Å². The fourth-order valence-electron chi connectivity index (χ4n) is 2.23. The summed E-state index contributed by atoms with van der Waals surface area (Å²) < 4.78 is 5.66. The summed E-state index contributed by atoms with van der Waals surface area (Å²) in [6.45, 7) is 1.79. The Morgan fingerprint density at radius 1 is 1.12 bits per heavy atom. The predicted octanol–water partition coefficient (Wildman–Crippen LogP) is 5.14. The topological polar surface area (TPSA) is 55.1 Å². The van der Waals surface area contributed by atoms with Crippen LogP contribution in [0.15, 0.2) is 52.9 Å². The Morgan fingerprint density at radius 2 is 1.88 bits per heavy atom. The summed E-state index contributed by atoms with van der Waals surface area (Å²) in [7, 11) is 0. The van der Waals surface area contributed by atoms with E-state index < -0.39 is 0 Å². The van der Waals surface area contributed by atoms with E-state index in [1.165, 1.54) is 0 Å². The van der Waals surface area contributed by atoms with Crippen molar-refractivity contribution < 1.29 is 9.21 Å². The number of anilines is 1. The molecule has 0 atom stereocenters. The molecule has 0 fully saturated rings. The summed E-state index contributed by atoms with van der Waals surface area (Å²) in [5, 5.41) is 3.60. The lowest BCUT2D eigenvalue weighted by atomic mass is 10.2. The minimum atomic E-state index is -0.204. The van der Waals surface area contributed by atoms with E-state index in [4.69, 9.17) is 27.6 Å². The maximum Gasteiger partial charge on any atom is 0.230 e. The van der Waals surface area contributed by atoms with Crippen LogP contribution in [-0.2, 0) is 11.2 Å². The average molecular weight is 361 g/mol. The van der Waals surface area contributed by atoms with Gasteiger partial charge in [-0.25, -0.2) is 4.98 Å². The summed E-state index contributed by atoms with van der Waals surface area (Å²) in [6.07, 6.45) is 0.114. The van der Waals surface area contributed by atoms with E-state index in [-0.39, 0.29) is 12.3 Å². The SMILES string of the molecule is Cc1oc(-c2ccccc2)nc1CC(=O)Nc1ccc(Cl)c(Cl)c1. The van der Waals surface area contributed by atoms with Crippen LogP contribution in [0.25, 0.3) is 11.5 Å². The third-order valence-corrected chi connectivity index (χ3v) is 4.18. The first kappa shape index (κ1) is 16.6. The standard InChI is InChI=1S/C18H14Cl2N2O2/c1-11-16(22-18(24-11)12-5-3-2-4-6-12)10-17(23)21-13-7-8-14(19)15(20)9-13/h2-9H,10H2,1H3,(H,21,23). The van der Waals surface area contributed by atoms with Gasteiger partial charge in [0.2, 0.25) is 11.8 Å². The zero-order valence-corrected chi connectivity index (χ0v) is 14.4. The first-order valence-electron chi connectivity index (χ1n) is 7.29. The van der Waals surface area contributed by atoms with Crippen LogP contribution in [0.3, 0.4) is 0 Å². The lowest BCUT2D eigenvalue weighted by molar-refractivity contribution is -0.115. The fraction of sp³-hybridized carbons (Fsp3) is 0.111. The molecule has 122 valence electrons. The van der Waals surface area contributed by atoms with Gasteiger partial charge in [0.15, 0.2) is 0 Å². The second-order valence-electron chi connectivity index (χ2n) is 5.24. The lowest BCUT2D eigenvalue weighted by Gasteiger charge is -2.05. The third kappa shape index (κ3) is 3.78. The molecule has 0 spiro atoms. The van der Waals surface area contributed by atoms with Crippen molar-refractivity contribution in [3.05, 3.63) is 70.0 Å². The van der Waals surface area contributed by atoms with Crippen LogP contribution in [-0.4, -0.2) is 10.9 Å². The number of rotatable bonds is 4. The van der Waals surface area contributed by atoms with Gasteiger partial charge in [-0.2, -0.15) is 0 Å². The minimum absolute atomic E-state index is 0.114. The number of halogens is 2. The molecule has 0 unspecified atom stereocenters. The van der Waals surface area contributed by atoms with Crippen molar-refractivity contribution in [3.63, 3.8) is 0 Å². The van der Waals surface area contributed by atoms with E-state index in [1.54, 1.807) is 25.1 Å². The smallest absolute Gasteiger partial charge is 0.230 e. The van der Waals surface area contributed by atoms with Crippen LogP contribution < -0.4 is 5.32 Å².